The van der Waals surface area contributed by atoms with Gasteiger partial charge in [0.1, 0.15) is 6.61 Å². The van der Waals surface area contributed by atoms with Crippen molar-refractivity contribution in [1.82, 2.24) is 15.3 Å². The van der Waals surface area contributed by atoms with E-state index in [0.717, 1.165) is 16.8 Å². The Morgan fingerprint density at radius 1 is 1.21 bits per heavy atom. The molecule has 0 unspecified atom stereocenters. The number of primary sulfonamides is 1. The van der Waals surface area contributed by atoms with Crippen molar-refractivity contribution in [3.63, 3.8) is 0 Å². The van der Waals surface area contributed by atoms with Gasteiger partial charge in [-0.1, -0.05) is 36.1 Å². The van der Waals surface area contributed by atoms with Crippen molar-refractivity contribution in [2.45, 2.75) is 31.2 Å². The first-order valence-corrected chi connectivity index (χ1v) is 11.8. The number of sulfonamides is 1. The molecule has 0 saturated heterocycles. The molecule has 3 aromatic rings. The number of hydrogen-bond acceptors (Lipinski definition) is 6. The van der Waals surface area contributed by atoms with Crippen LogP contribution in [0, 0.1) is 6.92 Å². The SMILES string of the molecule is C=NC(=O)[B]CCCNOCc1cc(-c2ccc(C)cc2)n(-c2ccc(S(N)(=O)=O)cc2)n1. The molecule has 3 rings (SSSR count). The second-order valence-electron chi connectivity index (χ2n) is 7.36. The van der Waals surface area contributed by atoms with E-state index in [1.807, 2.05) is 37.3 Å². The molecule has 0 aliphatic carbocycles. The van der Waals surface area contributed by atoms with Gasteiger partial charge in [-0.3, -0.25) is 9.63 Å². The van der Waals surface area contributed by atoms with Gasteiger partial charge in [0.25, 0.3) is 0 Å². The summed E-state index contributed by atoms with van der Waals surface area (Å²) in [5, 5.41) is 9.85. The Labute approximate surface area is 193 Å². The molecule has 1 amide bonds. The van der Waals surface area contributed by atoms with Gasteiger partial charge in [-0.25, -0.2) is 28.7 Å². The highest BCUT2D eigenvalue weighted by Gasteiger charge is 2.14. The minimum absolute atomic E-state index is 0.0332. The number of aliphatic imine (C=N–C) groups is 1. The highest BCUT2D eigenvalue weighted by molar-refractivity contribution is 7.89. The Morgan fingerprint density at radius 2 is 1.91 bits per heavy atom. The number of carbonyl (C=O) groups is 1. The van der Waals surface area contributed by atoms with Crippen LogP contribution in [0.5, 0.6) is 0 Å². The van der Waals surface area contributed by atoms with Crippen LogP contribution in [0.2, 0.25) is 6.32 Å². The number of aryl methyl sites for hydroxylation is 1. The van der Waals surface area contributed by atoms with Crippen LogP contribution < -0.4 is 10.6 Å². The zero-order valence-electron chi connectivity index (χ0n) is 18.3. The van der Waals surface area contributed by atoms with Gasteiger partial charge in [-0.15, -0.1) is 0 Å². The highest BCUT2D eigenvalue weighted by atomic mass is 32.2. The lowest BCUT2D eigenvalue weighted by molar-refractivity contribution is 0.0263. The lowest BCUT2D eigenvalue weighted by Gasteiger charge is -2.09. The Balaban J connectivity index is 1.73. The van der Waals surface area contributed by atoms with Crippen LogP contribution in [0.4, 0.5) is 4.79 Å². The topological polar surface area (TPSA) is 129 Å². The number of benzene rings is 2. The molecular formula is C22H25BN5O4S. The molecule has 9 nitrogen and oxygen atoms in total. The number of nitrogens with zero attached hydrogens (tertiary/aromatic N) is 3. The van der Waals surface area contributed by atoms with E-state index in [2.05, 4.69) is 22.3 Å². The number of rotatable bonds is 11. The third-order valence-corrected chi connectivity index (χ3v) is 5.73. The molecule has 0 aliphatic heterocycles. The highest BCUT2D eigenvalue weighted by Crippen LogP contribution is 2.25. The van der Waals surface area contributed by atoms with Gasteiger partial charge in [-0.2, -0.15) is 5.10 Å². The molecule has 1 radical (unpaired) electrons. The number of amides is 1. The van der Waals surface area contributed by atoms with Crippen LogP contribution in [-0.4, -0.2) is 44.5 Å². The Kier molecular flexibility index (Phi) is 8.29. The molecular weight excluding hydrogens is 441 g/mol. The summed E-state index contributed by atoms with van der Waals surface area (Å²) in [7, 11) is -2.30. The fourth-order valence-electron chi connectivity index (χ4n) is 3.07. The van der Waals surface area contributed by atoms with E-state index in [1.165, 1.54) is 19.4 Å². The normalized spacial score (nSPS) is 11.3. The Hall–Kier alpha value is -3.12. The van der Waals surface area contributed by atoms with Gasteiger partial charge < -0.3 is 0 Å². The average molecular weight is 466 g/mol. The summed E-state index contributed by atoms with van der Waals surface area (Å²) in [6.45, 7) is 5.97. The Morgan fingerprint density at radius 3 is 2.55 bits per heavy atom. The van der Waals surface area contributed by atoms with Crippen LogP contribution in [0.3, 0.4) is 0 Å². The number of hydroxylamine groups is 1. The van der Waals surface area contributed by atoms with Crippen molar-refractivity contribution in [1.29, 1.82) is 0 Å². The quantitative estimate of drug-likeness (QED) is 0.194. The maximum absolute atomic E-state index is 11.6. The van der Waals surface area contributed by atoms with E-state index < -0.39 is 10.0 Å². The fraction of sp³-hybridized carbons (Fsp3) is 0.227. The maximum atomic E-state index is 11.6. The smallest absolute Gasteiger partial charge is 0.238 e. The first-order valence-electron chi connectivity index (χ1n) is 10.3. The van der Waals surface area contributed by atoms with Crippen molar-refractivity contribution < 1.29 is 18.0 Å². The molecule has 0 aliphatic rings. The minimum Gasteiger partial charge on any atom is -0.295 e. The molecule has 1 aromatic heterocycles. The van der Waals surface area contributed by atoms with E-state index in [0.29, 0.717) is 30.7 Å². The molecule has 11 heteroatoms. The van der Waals surface area contributed by atoms with Crippen molar-refractivity contribution in [3.8, 4) is 16.9 Å². The van der Waals surface area contributed by atoms with Gasteiger partial charge in [0, 0.05) is 12.1 Å². The number of nitrogens with one attached hydrogen (secondary N) is 1. The zero-order chi connectivity index (χ0) is 23.8. The number of carbonyl (C=O) groups excluding carboxylic acids is 1. The van der Waals surface area contributed by atoms with Crippen molar-refractivity contribution in [2.24, 2.45) is 10.1 Å². The Bertz CT molecular complexity index is 1210. The average Bonchev–Trinajstić information content (AvgIpc) is 3.22. The second-order valence-corrected chi connectivity index (χ2v) is 8.92. The first kappa shape index (κ1) is 24.5. The van der Waals surface area contributed by atoms with Crippen LogP contribution in [0.25, 0.3) is 16.9 Å². The van der Waals surface area contributed by atoms with E-state index in [-0.39, 0.29) is 17.3 Å². The number of nitrogens with two attached hydrogens (primary N) is 1. The molecule has 0 fully saturated rings. The predicted octanol–water partition coefficient (Wildman–Crippen LogP) is 2.85. The van der Waals surface area contributed by atoms with Gasteiger partial charge in [0.15, 0.2) is 5.81 Å². The van der Waals surface area contributed by atoms with Gasteiger partial charge >= 0.3 is 0 Å². The number of hydrogen-bond donors (Lipinski definition) is 2. The van der Waals surface area contributed by atoms with Gasteiger partial charge in [0.2, 0.25) is 17.3 Å². The lowest BCUT2D eigenvalue weighted by Crippen LogP contribution is -2.17. The van der Waals surface area contributed by atoms with Crippen molar-refractivity contribution in [3.05, 3.63) is 65.9 Å². The van der Waals surface area contributed by atoms with Crippen molar-refractivity contribution in [2.75, 3.05) is 6.54 Å². The largest absolute Gasteiger partial charge is 0.295 e. The lowest BCUT2D eigenvalue weighted by atomic mass is 9.72. The van der Waals surface area contributed by atoms with Crippen LogP contribution in [-0.2, 0) is 21.5 Å². The van der Waals surface area contributed by atoms with Gasteiger partial charge in [0.05, 0.1) is 22.0 Å². The summed E-state index contributed by atoms with van der Waals surface area (Å²) in [5.74, 6) is -0.331. The fourth-order valence-corrected chi connectivity index (χ4v) is 3.58. The third-order valence-electron chi connectivity index (χ3n) is 4.80. The van der Waals surface area contributed by atoms with E-state index in [4.69, 9.17) is 9.98 Å². The van der Waals surface area contributed by atoms with Crippen LogP contribution in [0.15, 0.2) is 64.5 Å². The standard InChI is InChI=1S/C22H25BN5O4S/c1-16-4-6-17(7-5-16)21-14-18(15-32-26-13-3-12-23-22(29)25-2)27-28(21)19-8-10-20(11-9-19)33(24,30)31/h4-11,14,26H,2-3,12-13,15H2,1H3,(H2,24,30,31). The monoisotopic (exact) mass is 466 g/mol. The first-order chi connectivity index (χ1) is 15.8. The minimum atomic E-state index is -3.78. The summed E-state index contributed by atoms with van der Waals surface area (Å²) >= 11 is 0. The summed E-state index contributed by atoms with van der Waals surface area (Å²) in [5.41, 5.74) is 7.16. The second kappa shape index (κ2) is 11.1. The van der Waals surface area contributed by atoms with Crippen LogP contribution in [0.1, 0.15) is 17.7 Å². The third kappa shape index (κ3) is 6.93. The van der Waals surface area contributed by atoms with E-state index in [1.54, 1.807) is 16.8 Å². The van der Waals surface area contributed by atoms with Gasteiger partial charge in [-0.05, 0) is 50.4 Å². The molecule has 0 bridgehead atoms. The zero-order valence-corrected chi connectivity index (χ0v) is 19.1. The molecule has 171 valence electrons. The summed E-state index contributed by atoms with van der Waals surface area (Å²) < 4.78 is 24.9. The molecule has 0 spiro atoms. The maximum Gasteiger partial charge on any atom is 0.238 e. The van der Waals surface area contributed by atoms with Crippen LogP contribution >= 0.6 is 0 Å². The van der Waals surface area contributed by atoms with E-state index in [9.17, 15) is 13.2 Å². The molecule has 3 N–H and O–H groups in total. The summed E-state index contributed by atoms with van der Waals surface area (Å²) in [6.07, 6.45) is 1.29. The number of aromatic nitrogens is 2. The summed E-state index contributed by atoms with van der Waals surface area (Å²) in [6, 6.07) is 16.2. The molecule has 0 atom stereocenters. The molecule has 1 heterocycles. The van der Waals surface area contributed by atoms with E-state index >= 15 is 0 Å². The molecule has 0 saturated carbocycles. The van der Waals surface area contributed by atoms with Crippen molar-refractivity contribution >= 4 is 29.8 Å². The molecule has 2 aromatic carbocycles. The molecule has 33 heavy (non-hydrogen) atoms. The summed E-state index contributed by atoms with van der Waals surface area (Å²) in [4.78, 5) is 19.9. The predicted molar refractivity (Wildman–Crippen MR) is 128 cm³/mol.